The van der Waals surface area contributed by atoms with Crippen LogP contribution in [0.4, 0.5) is 5.13 Å². The van der Waals surface area contributed by atoms with Gasteiger partial charge in [0.05, 0.1) is 0 Å². The highest BCUT2D eigenvalue weighted by molar-refractivity contribution is 7.09. The first-order valence-corrected chi connectivity index (χ1v) is 6.99. The summed E-state index contributed by atoms with van der Waals surface area (Å²) < 4.78 is 4.35. The normalized spacial score (nSPS) is 11.8. The minimum atomic E-state index is 0.0368. The van der Waals surface area contributed by atoms with Gasteiger partial charge < -0.3 is 5.32 Å². The number of unbranched alkanes of at least 4 members (excludes halogenated alkanes) is 2. The number of aromatic nitrogens is 2. The van der Waals surface area contributed by atoms with E-state index in [2.05, 4.69) is 35.4 Å². The lowest BCUT2D eigenvalue weighted by Gasteiger charge is -2.12. The van der Waals surface area contributed by atoms with Crippen molar-refractivity contribution in [3.05, 3.63) is 5.82 Å². The van der Waals surface area contributed by atoms with Crippen LogP contribution in [0.2, 0.25) is 0 Å². The molecule has 0 radical (unpaired) electrons. The molecule has 0 atom stereocenters. The molecule has 16 heavy (non-hydrogen) atoms. The predicted molar refractivity (Wildman–Crippen MR) is 71.7 cm³/mol. The van der Waals surface area contributed by atoms with Gasteiger partial charge in [0, 0.05) is 29.4 Å². The van der Waals surface area contributed by atoms with E-state index in [1.807, 2.05) is 0 Å². The molecule has 0 fully saturated rings. The molecule has 1 heterocycles. The van der Waals surface area contributed by atoms with Crippen molar-refractivity contribution in [1.82, 2.24) is 9.36 Å². The zero-order chi connectivity index (χ0) is 12.0. The van der Waals surface area contributed by atoms with Crippen LogP contribution in [-0.2, 0) is 5.41 Å². The molecular formula is C11H20ClN3S. The predicted octanol–water partition coefficient (Wildman–Crippen LogP) is 3.66. The Hall–Kier alpha value is -0.350. The molecule has 0 aromatic carbocycles. The number of rotatable bonds is 6. The van der Waals surface area contributed by atoms with Crippen molar-refractivity contribution in [3.63, 3.8) is 0 Å². The van der Waals surface area contributed by atoms with Gasteiger partial charge in [-0.2, -0.15) is 4.37 Å². The lowest BCUT2D eigenvalue weighted by atomic mass is 9.96. The van der Waals surface area contributed by atoms with Crippen LogP contribution in [-0.4, -0.2) is 21.8 Å². The van der Waals surface area contributed by atoms with E-state index < -0.39 is 0 Å². The van der Waals surface area contributed by atoms with Crippen LogP contribution in [0.5, 0.6) is 0 Å². The molecule has 1 aromatic heterocycles. The van der Waals surface area contributed by atoms with Gasteiger partial charge >= 0.3 is 0 Å². The molecule has 1 rings (SSSR count). The molecule has 0 unspecified atom stereocenters. The second-order valence-electron chi connectivity index (χ2n) is 4.85. The topological polar surface area (TPSA) is 37.8 Å². The zero-order valence-electron chi connectivity index (χ0n) is 10.2. The van der Waals surface area contributed by atoms with Crippen molar-refractivity contribution in [2.45, 2.75) is 45.4 Å². The van der Waals surface area contributed by atoms with E-state index in [-0.39, 0.29) is 5.41 Å². The van der Waals surface area contributed by atoms with Gasteiger partial charge in [0.2, 0.25) is 5.13 Å². The molecule has 0 saturated heterocycles. The fraction of sp³-hybridized carbons (Fsp3) is 0.818. The van der Waals surface area contributed by atoms with Gasteiger partial charge in [-0.1, -0.05) is 27.2 Å². The SMILES string of the molecule is CC(C)(C)c1nsc(NCCCCCCl)n1. The van der Waals surface area contributed by atoms with Crippen LogP contribution in [0.1, 0.15) is 45.9 Å². The summed E-state index contributed by atoms with van der Waals surface area (Å²) in [5.41, 5.74) is 0.0368. The summed E-state index contributed by atoms with van der Waals surface area (Å²) >= 11 is 7.05. The van der Waals surface area contributed by atoms with Crippen molar-refractivity contribution in [3.8, 4) is 0 Å². The number of halogens is 1. The molecule has 0 aliphatic rings. The quantitative estimate of drug-likeness (QED) is 0.627. The van der Waals surface area contributed by atoms with Crippen LogP contribution < -0.4 is 5.32 Å². The summed E-state index contributed by atoms with van der Waals surface area (Å²) in [6.45, 7) is 7.33. The average Bonchev–Trinajstić information content (AvgIpc) is 2.65. The second kappa shape index (κ2) is 6.40. The Morgan fingerprint density at radius 3 is 2.56 bits per heavy atom. The second-order valence-corrected chi connectivity index (χ2v) is 5.98. The highest BCUT2D eigenvalue weighted by atomic mass is 35.5. The lowest BCUT2D eigenvalue weighted by Crippen LogP contribution is -2.13. The van der Waals surface area contributed by atoms with Crippen LogP contribution in [0, 0.1) is 0 Å². The molecule has 0 spiro atoms. The summed E-state index contributed by atoms with van der Waals surface area (Å²) in [4.78, 5) is 4.47. The van der Waals surface area contributed by atoms with Crippen molar-refractivity contribution in [2.24, 2.45) is 0 Å². The molecule has 92 valence electrons. The molecule has 5 heteroatoms. The number of anilines is 1. The third-order valence-corrected chi connectivity index (χ3v) is 3.12. The number of alkyl halides is 1. The number of hydrogen-bond acceptors (Lipinski definition) is 4. The largest absolute Gasteiger partial charge is 0.360 e. The van der Waals surface area contributed by atoms with E-state index >= 15 is 0 Å². The first-order chi connectivity index (χ1) is 7.54. The van der Waals surface area contributed by atoms with E-state index in [9.17, 15) is 0 Å². The molecule has 1 N–H and O–H groups in total. The zero-order valence-corrected chi connectivity index (χ0v) is 11.8. The maximum absolute atomic E-state index is 5.61. The first-order valence-electron chi connectivity index (χ1n) is 5.68. The van der Waals surface area contributed by atoms with Gasteiger partial charge in [0.1, 0.15) is 5.82 Å². The third kappa shape index (κ3) is 4.66. The van der Waals surface area contributed by atoms with Gasteiger partial charge in [0.15, 0.2) is 0 Å². The van der Waals surface area contributed by atoms with E-state index in [0.29, 0.717) is 0 Å². The van der Waals surface area contributed by atoms with Crippen molar-refractivity contribution < 1.29 is 0 Å². The molecule has 3 nitrogen and oxygen atoms in total. The van der Waals surface area contributed by atoms with Crippen molar-refractivity contribution in [2.75, 3.05) is 17.7 Å². The fourth-order valence-corrected chi connectivity index (χ4v) is 2.16. The molecule has 0 aliphatic heterocycles. The van der Waals surface area contributed by atoms with Crippen LogP contribution in [0.25, 0.3) is 0 Å². The Morgan fingerprint density at radius 2 is 2.00 bits per heavy atom. The summed E-state index contributed by atoms with van der Waals surface area (Å²) in [5.74, 6) is 1.67. The number of nitrogens with one attached hydrogen (secondary N) is 1. The molecule has 0 aliphatic carbocycles. The Balaban J connectivity index is 2.30. The Labute approximate surface area is 107 Å². The fourth-order valence-electron chi connectivity index (χ4n) is 1.19. The molecular weight excluding hydrogens is 242 g/mol. The lowest BCUT2D eigenvalue weighted by molar-refractivity contribution is 0.555. The summed E-state index contributed by atoms with van der Waals surface area (Å²) in [6, 6.07) is 0. The van der Waals surface area contributed by atoms with E-state index in [4.69, 9.17) is 11.6 Å². The average molecular weight is 262 g/mol. The molecule has 1 aromatic rings. The molecule has 0 bridgehead atoms. The van der Waals surface area contributed by atoms with E-state index in [0.717, 1.165) is 36.2 Å². The van der Waals surface area contributed by atoms with Gasteiger partial charge in [-0.3, -0.25) is 0 Å². The van der Waals surface area contributed by atoms with E-state index in [1.165, 1.54) is 18.0 Å². The monoisotopic (exact) mass is 261 g/mol. The number of hydrogen-bond donors (Lipinski definition) is 1. The standard InChI is InChI=1S/C11H20ClN3S/c1-11(2,3)9-14-10(16-15-9)13-8-6-4-5-7-12/h4-8H2,1-3H3,(H,13,14,15). The maximum Gasteiger partial charge on any atom is 0.202 e. The Kier molecular flexibility index (Phi) is 5.49. The van der Waals surface area contributed by atoms with Gasteiger partial charge in [-0.25, -0.2) is 4.98 Å². The van der Waals surface area contributed by atoms with Crippen LogP contribution in [0.15, 0.2) is 0 Å². The highest BCUT2D eigenvalue weighted by Crippen LogP contribution is 2.22. The van der Waals surface area contributed by atoms with Gasteiger partial charge in [-0.05, 0) is 12.8 Å². The minimum Gasteiger partial charge on any atom is -0.360 e. The van der Waals surface area contributed by atoms with Crippen LogP contribution in [0.3, 0.4) is 0 Å². The Bertz CT molecular complexity index is 306. The summed E-state index contributed by atoms with van der Waals surface area (Å²) in [6.07, 6.45) is 3.39. The van der Waals surface area contributed by atoms with E-state index in [1.54, 1.807) is 0 Å². The third-order valence-electron chi connectivity index (χ3n) is 2.18. The smallest absolute Gasteiger partial charge is 0.202 e. The number of nitrogens with zero attached hydrogens (tertiary/aromatic N) is 2. The summed E-state index contributed by atoms with van der Waals surface area (Å²) in [7, 11) is 0. The minimum absolute atomic E-state index is 0.0368. The van der Waals surface area contributed by atoms with Crippen LogP contribution >= 0.6 is 23.1 Å². The maximum atomic E-state index is 5.61. The molecule has 0 amide bonds. The Morgan fingerprint density at radius 1 is 1.25 bits per heavy atom. The highest BCUT2D eigenvalue weighted by Gasteiger charge is 2.19. The summed E-state index contributed by atoms with van der Waals surface area (Å²) in [5, 5.41) is 4.22. The molecule has 0 saturated carbocycles. The first kappa shape index (κ1) is 13.7. The van der Waals surface area contributed by atoms with Crippen molar-refractivity contribution >= 4 is 28.3 Å². The van der Waals surface area contributed by atoms with Gasteiger partial charge in [0.25, 0.3) is 0 Å². The van der Waals surface area contributed by atoms with Crippen molar-refractivity contribution in [1.29, 1.82) is 0 Å². The van der Waals surface area contributed by atoms with Gasteiger partial charge in [-0.15, -0.1) is 11.6 Å².